The molecule has 2 fully saturated rings. The molecular formula is C30H40N4O5. The molecule has 2 aliphatic rings. The molecule has 2 heterocycles. The lowest BCUT2D eigenvalue weighted by Crippen LogP contribution is -2.60. The van der Waals surface area contributed by atoms with Crippen LogP contribution in [0.15, 0.2) is 60.7 Å². The van der Waals surface area contributed by atoms with Gasteiger partial charge in [-0.2, -0.15) is 0 Å². The van der Waals surface area contributed by atoms with E-state index in [0.717, 1.165) is 11.1 Å². The largest absolute Gasteiger partial charge is 0.378 e. The van der Waals surface area contributed by atoms with Gasteiger partial charge in [0.25, 0.3) is 0 Å². The first-order valence-corrected chi connectivity index (χ1v) is 13.6. The Labute approximate surface area is 230 Å². The normalized spacial score (nSPS) is 18.3. The number of hydrogen-bond acceptors (Lipinski definition) is 6. The second-order valence-corrected chi connectivity index (χ2v) is 10.9. The minimum absolute atomic E-state index is 0.0165. The molecule has 0 saturated carbocycles. The topological polar surface area (TPSA) is 114 Å². The zero-order valence-corrected chi connectivity index (χ0v) is 22.9. The van der Waals surface area contributed by atoms with Gasteiger partial charge >= 0.3 is 0 Å². The molecule has 0 aromatic heterocycles. The minimum Gasteiger partial charge on any atom is -0.378 e. The van der Waals surface area contributed by atoms with Crippen LogP contribution < -0.4 is 11.1 Å². The van der Waals surface area contributed by atoms with E-state index in [2.05, 4.69) is 5.32 Å². The van der Waals surface area contributed by atoms with Crippen LogP contribution >= 0.6 is 0 Å². The van der Waals surface area contributed by atoms with E-state index in [-0.39, 0.29) is 18.4 Å². The molecular weight excluding hydrogens is 496 g/mol. The van der Waals surface area contributed by atoms with Gasteiger partial charge in [-0.15, -0.1) is 0 Å². The monoisotopic (exact) mass is 536 g/mol. The Hall–Kier alpha value is -3.27. The summed E-state index contributed by atoms with van der Waals surface area (Å²) in [6.45, 7) is 6.51. The highest BCUT2D eigenvalue weighted by Gasteiger charge is 2.46. The van der Waals surface area contributed by atoms with Gasteiger partial charge in [0, 0.05) is 26.2 Å². The van der Waals surface area contributed by atoms with Crippen LogP contribution in [0.3, 0.4) is 0 Å². The van der Waals surface area contributed by atoms with Crippen molar-refractivity contribution in [3.05, 3.63) is 71.8 Å². The molecule has 0 spiro atoms. The van der Waals surface area contributed by atoms with E-state index in [1.165, 1.54) is 0 Å². The predicted molar refractivity (Wildman–Crippen MR) is 148 cm³/mol. The van der Waals surface area contributed by atoms with Crippen LogP contribution in [-0.4, -0.2) is 85.1 Å². The first-order chi connectivity index (χ1) is 18.7. The highest BCUT2D eigenvalue weighted by atomic mass is 16.5. The fourth-order valence-corrected chi connectivity index (χ4v) is 5.17. The Morgan fingerprint density at radius 1 is 0.949 bits per heavy atom. The zero-order chi connectivity index (χ0) is 27.9. The van der Waals surface area contributed by atoms with Crippen molar-refractivity contribution in [2.75, 3.05) is 46.0 Å². The lowest BCUT2D eigenvalue weighted by molar-refractivity contribution is -0.147. The number of morpholine rings is 1. The van der Waals surface area contributed by atoms with Gasteiger partial charge in [-0.3, -0.25) is 14.4 Å². The SMILES string of the molecule is CC(C)(N)C(=O)NC(COCc1ccccc1)C(=O)N1CCC(C(=O)N2CCOCC2)(c2ccccc2)CC1. The number of likely N-dealkylation sites (tertiary alicyclic amines) is 1. The van der Waals surface area contributed by atoms with Crippen LogP contribution in [0, 0.1) is 0 Å². The first-order valence-electron chi connectivity index (χ1n) is 13.6. The third kappa shape index (κ3) is 7.03. The van der Waals surface area contributed by atoms with E-state index in [0.29, 0.717) is 58.8 Å². The molecule has 0 bridgehead atoms. The molecule has 4 rings (SSSR count). The summed E-state index contributed by atoms with van der Waals surface area (Å²) in [4.78, 5) is 43.9. The number of rotatable bonds is 9. The fraction of sp³-hybridized carbons (Fsp3) is 0.500. The summed E-state index contributed by atoms with van der Waals surface area (Å²) in [6, 6.07) is 18.6. The van der Waals surface area contributed by atoms with Gasteiger partial charge in [0.05, 0.1) is 37.4 Å². The Bertz CT molecular complexity index is 1110. The maximum atomic E-state index is 13.9. The minimum atomic E-state index is -1.15. The molecule has 2 aromatic carbocycles. The molecule has 0 aliphatic carbocycles. The quantitative estimate of drug-likeness (QED) is 0.506. The average Bonchev–Trinajstić information content (AvgIpc) is 2.97. The molecule has 2 aromatic rings. The van der Waals surface area contributed by atoms with E-state index >= 15 is 0 Å². The van der Waals surface area contributed by atoms with Crippen molar-refractivity contribution in [1.29, 1.82) is 0 Å². The molecule has 2 saturated heterocycles. The van der Waals surface area contributed by atoms with Crippen molar-refractivity contribution >= 4 is 17.7 Å². The number of ether oxygens (including phenoxy) is 2. The summed E-state index contributed by atoms with van der Waals surface area (Å²) in [5, 5.41) is 2.80. The van der Waals surface area contributed by atoms with Crippen LogP contribution in [0.5, 0.6) is 0 Å². The van der Waals surface area contributed by atoms with Gasteiger partial charge in [-0.1, -0.05) is 60.7 Å². The maximum Gasteiger partial charge on any atom is 0.247 e. The second-order valence-electron chi connectivity index (χ2n) is 10.9. The van der Waals surface area contributed by atoms with Crippen molar-refractivity contribution < 1.29 is 23.9 Å². The van der Waals surface area contributed by atoms with Gasteiger partial charge in [0.2, 0.25) is 17.7 Å². The summed E-state index contributed by atoms with van der Waals surface area (Å²) >= 11 is 0. The molecule has 2 aliphatic heterocycles. The number of benzene rings is 2. The number of hydrogen-bond donors (Lipinski definition) is 2. The first kappa shape index (κ1) is 28.7. The summed E-state index contributed by atoms with van der Waals surface area (Å²) in [5.74, 6) is -0.575. The van der Waals surface area contributed by atoms with Gasteiger partial charge < -0.3 is 30.3 Å². The third-order valence-corrected chi connectivity index (χ3v) is 7.55. The van der Waals surface area contributed by atoms with Crippen molar-refractivity contribution in [2.24, 2.45) is 5.73 Å². The Kier molecular flexibility index (Phi) is 9.37. The van der Waals surface area contributed by atoms with E-state index in [4.69, 9.17) is 15.2 Å². The Morgan fingerprint density at radius 2 is 1.54 bits per heavy atom. The molecule has 3 N–H and O–H groups in total. The third-order valence-electron chi connectivity index (χ3n) is 7.55. The second kappa shape index (κ2) is 12.7. The molecule has 9 heteroatoms. The van der Waals surface area contributed by atoms with Gasteiger partial charge in [0.1, 0.15) is 6.04 Å². The molecule has 1 unspecified atom stereocenters. The van der Waals surface area contributed by atoms with E-state index < -0.39 is 22.9 Å². The average molecular weight is 537 g/mol. The standard InChI is InChI=1S/C30H40N4O5/c1-29(2,31)27(36)32-25(22-39-21-23-9-5-3-6-10-23)26(35)33-15-13-30(14-16-33,24-11-7-4-8-12-24)28(37)34-17-19-38-20-18-34/h3-12,25H,13-22,31H2,1-2H3,(H,32,36). The molecule has 210 valence electrons. The van der Waals surface area contributed by atoms with Crippen LogP contribution in [-0.2, 0) is 35.9 Å². The summed E-state index contributed by atoms with van der Waals surface area (Å²) in [6.07, 6.45) is 0.986. The smallest absolute Gasteiger partial charge is 0.247 e. The van der Waals surface area contributed by atoms with Crippen molar-refractivity contribution in [1.82, 2.24) is 15.1 Å². The van der Waals surface area contributed by atoms with Crippen LogP contribution in [0.25, 0.3) is 0 Å². The Morgan fingerprint density at radius 3 is 2.13 bits per heavy atom. The number of nitrogens with two attached hydrogens (primary N) is 1. The van der Waals surface area contributed by atoms with Gasteiger partial charge in [0.15, 0.2) is 0 Å². The van der Waals surface area contributed by atoms with E-state index in [1.54, 1.807) is 18.7 Å². The van der Waals surface area contributed by atoms with Crippen molar-refractivity contribution in [3.63, 3.8) is 0 Å². The Balaban J connectivity index is 1.48. The van der Waals surface area contributed by atoms with Crippen LogP contribution in [0.1, 0.15) is 37.8 Å². The number of carbonyl (C=O) groups is 3. The van der Waals surface area contributed by atoms with Crippen molar-refractivity contribution in [3.8, 4) is 0 Å². The van der Waals surface area contributed by atoms with Gasteiger partial charge in [-0.25, -0.2) is 0 Å². The molecule has 3 amide bonds. The van der Waals surface area contributed by atoms with Gasteiger partial charge in [-0.05, 0) is 37.8 Å². The van der Waals surface area contributed by atoms with Crippen molar-refractivity contribution in [2.45, 2.75) is 50.3 Å². The maximum absolute atomic E-state index is 13.9. The number of amides is 3. The molecule has 9 nitrogen and oxygen atoms in total. The zero-order valence-electron chi connectivity index (χ0n) is 22.9. The highest BCUT2D eigenvalue weighted by Crippen LogP contribution is 2.38. The van der Waals surface area contributed by atoms with Crippen LogP contribution in [0.4, 0.5) is 0 Å². The number of carbonyl (C=O) groups excluding carboxylic acids is 3. The fourth-order valence-electron chi connectivity index (χ4n) is 5.17. The number of nitrogens with zero attached hydrogens (tertiary/aromatic N) is 2. The number of nitrogens with one attached hydrogen (secondary N) is 1. The highest BCUT2D eigenvalue weighted by molar-refractivity contribution is 5.92. The number of piperidine rings is 1. The summed E-state index contributed by atoms with van der Waals surface area (Å²) in [7, 11) is 0. The summed E-state index contributed by atoms with van der Waals surface area (Å²) in [5.41, 5.74) is 6.08. The summed E-state index contributed by atoms with van der Waals surface area (Å²) < 4.78 is 11.3. The molecule has 1 atom stereocenters. The lowest BCUT2D eigenvalue weighted by atomic mass is 9.71. The van der Waals surface area contributed by atoms with E-state index in [1.807, 2.05) is 65.6 Å². The molecule has 39 heavy (non-hydrogen) atoms. The predicted octanol–water partition coefficient (Wildman–Crippen LogP) is 1.84. The van der Waals surface area contributed by atoms with Crippen LogP contribution in [0.2, 0.25) is 0 Å². The molecule has 0 radical (unpaired) electrons. The lowest BCUT2D eigenvalue weighted by Gasteiger charge is -2.44. The van der Waals surface area contributed by atoms with E-state index in [9.17, 15) is 14.4 Å².